The third kappa shape index (κ3) is 9.10. The van der Waals surface area contributed by atoms with Crippen LogP contribution >= 0.6 is 0 Å². The van der Waals surface area contributed by atoms with Gasteiger partial charge in [-0.3, -0.25) is 14.9 Å². The van der Waals surface area contributed by atoms with Crippen LogP contribution in [0, 0.1) is 5.82 Å². The molecule has 24 heavy (non-hydrogen) atoms. The largest absolute Gasteiger partial charge is 0.473 e. The molecule has 132 valence electrons. The lowest BCUT2D eigenvalue weighted by atomic mass is 10.3. The zero-order valence-corrected chi connectivity index (χ0v) is 12.9. The summed E-state index contributed by atoms with van der Waals surface area (Å²) in [6, 6.07) is 4.85. The van der Waals surface area contributed by atoms with E-state index in [4.69, 9.17) is 19.8 Å². The molecular weight excluding hydrogens is 327 g/mol. The lowest BCUT2D eigenvalue weighted by Gasteiger charge is -2.11. The van der Waals surface area contributed by atoms with E-state index in [9.17, 15) is 14.0 Å². The summed E-state index contributed by atoms with van der Waals surface area (Å²) in [6.45, 7) is 1.56. The monoisotopic (exact) mass is 344 g/mol. The van der Waals surface area contributed by atoms with E-state index in [-0.39, 0.29) is 18.3 Å². The predicted octanol–water partition coefficient (Wildman–Crippen LogP) is 0.0709. The summed E-state index contributed by atoms with van der Waals surface area (Å²) in [7, 11) is 1.28. The van der Waals surface area contributed by atoms with Gasteiger partial charge in [-0.15, -0.1) is 0 Å². The van der Waals surface area contributed by atoms with Crippen molar-refractivity contribution in [3.63, 3.8) is 0 Å². The number of esters is 1. The Bertz CT molecular complexity index is 577. The summed E-state index contributed by atoms with van der Waals surface area (Å²) in [5.41, 5.74) is 0.494. The third-order valence-corrected chi connectivity index (χ3v) is 2.43. The maximum absolute atomic E-state index is 12.6. The number of carbonyl (C=O) groups is 4. The van der Waals surface area contributed by atoms with Crippen molar-refractivity contribution in [2.45, 2.75) is 13.0 Å². The first kappa shape index (κ1) is 21.0. The molecule has 0 bridgehead atoms. The Kier molecular flexibility index (Phi) is 9.33. The minimum Gasteiger partial charge on any atom is -0.473 e. The summed E-state index contributed by atoms with van der Waals surface area (Å²) in [5, 5.41) is 20.0. The number of hydrogen-bond donors (Lipinski definition) is 4. The van der Waals surface area contributed by atoms with Crippen molar-refractivity contribution in [3.8, 4) is 0 Å². The number of nitrogens with one attached hydrogen (secondary N) is 2. The van der Waals surface area contributed by atoms with Crippen molar-refractivity contribution in [1.29, 1.82) is 0 Å². The Morgan fingerprint density at radius 1 is 1.12 bits per heavy atom. The average molecular weight is 344 g/mol. The molecule has 0 fully saturated rings. The predicted molar refractivity (Wildman–Crippen MR) is 79.8 cm³/mol. The molecule has 1 atom stereocenters. The topological polar surface area (TPSA) is 142 Å². The summed E-state index contributed by atoms with van der Waals surface area (Å²) >= 11 is 0. The number of ether oxygens (including phenoxy) is 1. The van der Waals surface area contributed by atoms with Gasteiger partial charge in [-0.1, -0.05) is 0 Å². The number of anilines is 1. The highest BCUT2D eigenvalue weighted by atomic mass is 19.1. The fourth-order valence-corrected chi connectivity index (χ4v) is 1.24. The molecule has 0 aliphatic carbocycles. The van der Waals surface area contributed by atoms with Crippen LogP contribution < -0.4 is 10.6 Å². The Hall–Kier alpha value is -3.01. The Labute approximate surface area is 136 Å². The molecule has 0 heterocycles. The second-order valence-corrected chi connectivity index (χ2v) is 4.29. The molecule has 0 aliphatic heterocycles. The number of carboxylic acids is 2. The van der Waals surface area contributed by atoms with Gasteiger partial charge < -0.3 is 20.3 Å². The number of benzene rings is 1. The highest BCUT2D eigenvalue weighted by molar-refractivity contribution is 6.27. The van der Waals surface area contributed by atoms with Crippen molar-refractivity contribution in [3.05, 3.63) is 30.1 Å². The van der Waals surface area contributed by atoms with Crippen LogP contribution in [0.2, 0.25) is 0 Å². The van der Waals surface area contributed by atoms with Crippen molar-refractivity contribution in [2.24, 2.45) is 0 Å². The quantitative estimate of drug-likeness (QED) is 0.434. The SMILES string of the molecule is COC(=O)C(C)NCC(=O)Nc1ccc(F)cc1.O=C(O)C(=O)O. The molecule has 0 radical (unpaired) electrons. The molecule has 1 amide bonds. The summed E-state index contributed by atoms with van der Waals surface area (Å²) in [4.78, 5) is 40.8. The van der Waals surface area contributed by atoms with Crippen molar-refractivity contribution >= 4 is 29.5 Å². The van der Waals surface area contributed by atoms with Crippen LogP contribution in [0.15, 0.2) is 24.3 Å². The normalized spacial score (nSPS) is 10.6. The van der Waals surface area contributed by atoms with Gasteiger partial charge in [0.05, 0.1) is 13.7 Å². The lowest BCUT2D eigenvalue weighted by molar-refractivity contribution is -0.159. The van der Waals surface area contributed by atoms with E-state index in [1.165, 1.54) is 31.4 Å². The number of carboxylic acid groups (broad SMARTS) is 2. The fraction of sp³-hybridized carbons (Fsp3) is 0.286. The number of carbonyl (C=O) groups excluding carboxylic acids is 2. The second kappa shape index (κ2) is 10.7. The third-order valence-electron chi connectivity index (χ3n) is 2.43. The molecule has 1 aromatic rings. The standard InChI is InChI=1S/C12H15FN2O3.C2H2O4/c1-8(12(17)18-2)14-7-11(16)15-10-5-3-9(13)4-6-10;3-1(4)2(5)6/h3-6,8,14H,7H2,1-2H3,(H,15,16);(H,3,4)(H,5,6). The van der Waals surface area contributed by atoms with Gasteiger partial charge in [-0.25, -0.2) is 14.0 Å². The minimum absolute atomic E-state index is 0.0341. The zero-order chi connectivity index (χ0) is 18.7. The molecule has 0 saturated carbocycles. The van der Waals surface area contributed by atoms with Crippen LogP contribution in [0.3, 0.4) is 0 Å². The van der Waals surface area contributed by atoms with Gasteiger partial charge in [0.1, 0.15) is 11.9 Å². The van der Waals surface area contributed by atoms with Gasteiger partial charge in [0.25, 0.3) is 0 Å². The molecule has 4 N–H and O–H groups in total. The van der Waals surface area contributed by atoms with Crippen LogP contribution in [0.5, 0.6) is 0 Å². The van der Waals surface area contributed by atoms with Crippen molar-refractivity contribution < 1.29 is 38.5 Å². The van der Waals surface area contributed by atoms with E-state index in [1.54, 1.807) is 6.92 Å². The maximum Gasteiger partial charge on any atom is 0.414 e. The maximum atomic E-state index is 12.6. The number of methoxy groups -OCH3 is 1. The van der Waals surface area contributed by atoms with Gasteiger partial charge in [-0.05, 0) is 31.2 Å². The van der Waals surface area contributed by atoms with Gasteiger partial charge in [0, 0.05) is 5.69 Å². The van der Waals surface area contributed by atoms with Crippen LogP contribution in [0.1, 0.15) is 6.92 Å². The van der Waals surface area contributed by atoms with Crippen LogP contribution in [-0.4, -0.2) is 53.7 Å². The summed E-state index contributed by atoms with van der Waals surface area (Å²) in [6.07, 6.45) is 0. The Morgan fingerprint density at radius 3 is 2.04 bits per heavy atom. The number of amides is 1. The Morgan fingerprint density at radius 2 is 1.62 bits per heavy atom. The molecule has 0 aliphatic rings. The van der Waals surface area contributed by atoms with Crippen LogP contribution in [0.25, 0.3) is 0 Å². The van der Waals surface area contributed by atoms with E-state index in [0.29, 0.717) is 5.69 Å². The van der Waals surface area contributed by atoms with E-state index in [0.717, 1.165) is 0 Å². The number of hydrogen-bond acceptors (Lipinski definition) is 6. The fourth-order valence-electron chi connectivity index (χ4n) is 1.24. The molecule has 0 saturated heterocycles. The molecule has 10 heteroatoms. The first-order valence-electron chi connectivity index (χ1n) is 6.50. The van der Waals surface area contributed by atoms with Crippen LogP contribution in [0.4, 0.5) is 10.1 Å². The molecule has 9 nitrogen and oxygen atoms in total. The number of rotatable bonds is 5. The minimum atomic E-state index is -1.82. The first-order chi connectivity index (χ1) is 11.2. The molecule has 0 aromatic heterocycles. The first-order valence-corrected chi connectivity index (χ1v) is 6.50. The average Bonchev–Trinajstić information content (AvgIpc) is 2.54. The Balaban J connectivity index is 0.000000754. The smallest absolute Gasteiger partial charge is 0.414 e. The lowest BCUT2D eigenvalue weighted by Crippen LogP contribution is -2.39. The highest BCUT2D eigenvalue weighted by Crippen LogP contribution is 2.07. The molecular formula is C14H17FN2O7. The molecule has 1 unspecified atom stereocenters. The second-order valence-electron chi connectivity index (χ2n) is 4.29. The van der Waals surface area contributed by atoms with Crippen molar-refractivity contribution in [1.82, 2.24) is 5.32 Å². The van der Waals surface area contributed by atoms with Crippen molar-refractivity contribution in [2.75, 3.05) is 19.0 Å². The molecule has 1 aromatic carbocycles. The zero-order valence-electron chi connectivity index (χ0n) is 12.9. The van der Waals surface area contributed by atoms with E-state index in [2.05, 4.69) is 15.4 Å². The van der Waals surface area contributed by atoms with Gasteiger partial charge in [-0.2, -0.15) is 0 Å². The van der Waals surface area contributed by atoms with E-state index < -0.39 is 23.9 Å². The number of halogens is 1. The summed E-state index contributed by atoms with van der Waals surface area (Å²) in [5.74, 6) is -4.78. The highest BCUT2D eigenvalue weighted by Gasteiger charge is 2.13. The van der Waals surface area contributed by atoms with Crippen LogP contribution in [-0.2, 0) is 23.9 Å². The summed E-state index contributed by atoms with van der Waals surface area (Å²) < 4.78 is 17.1. The molecule has 0 spiro atoms. The van der Waals surface area contributed by atoms with Gasteiger partial charge >= 0.3 is 17.9 Å². The number of aliphatic carboxylic acids is 2. The van der Waals surface area contributed by atoms with Gasteiger partial charge in [0.15, 0.2) is 0 Å². The molecule has 1 rings (SSSR count). The van der Waals surface area contributed by atoms with E-state index >= 15 is 0 Å². The van der Waals surface area contributed by atoms with E-state index in [1.807, 2.05) is 0 Å². The van der Waals surface area contributed by atoms with Gasteiger partial charge in [0.2, 0.25) is 5.91 Å².